The highest BCUT2D eigenvalue weighted by atomic mass is 32.2. The molecule has 0 aliphatic rings. The minimum atomic E-state index is 0.304. The zero-order valence-electron chi connectivity index (χ0n) is 10.8. The molecule has 0 saturated carbocycles. The molecule has 0 aliphatic carbocycles. The van der Waals surface area contributed by atoms with Gasteiger partial charge in [-0.3, -0.25) is 0 Å². The SMILES string of the molecule is CCNC(C)c1cccc(SCCCCO)c1. The van der Waals surface area contributed by atoms with Crippen molar-refractivity contribution in [3.8, 4) is 0 Å². The van der Waals surface area contributed by atoms with Crippen LogP contribution in [0.1, 0.15) is 38.3 Å². The van der Waals surface area contributed by atoms with Gasteiger partial charge < -0.3 is 10.4 Å². The molecule has 0 aliphatic heterocycles. The molecule has 0 amide bonds. The summed E-state index contributed by atoms with van der Waals surface area (Å²) >= 11 is 1.87. The Labute approximate surface area is 109 Å². The first-order chi connectivity index (χ1) is 8.27. The van der Waals surface area contributed by atoms with Gasteiger partial charge in [-0.15, -0.1) is 11.8 Å². The van der Waals surface area contributed by atoms with Gasteiger partial charge in [0.25, 0.3) is 0 Å². The van der Waals surface area contributed by atoms with Crippen molar-refractivity contribution < 1.29 is 5.11 Å². The third-order valence-electron chi connectivity index (χ3n) is 2.69. The van der Waals surface area contributed by atoms with Gasteiger partial charge in [-0.25, -0.2) is 0 Å². The van der Waals surface area contributed by atoms with Crippen LogP contribution in [0.25, 0.3) is 0 Å². The van der Waals surface area contributed by atoms with Gasteiger partial charge in [0.1, 0.15) is 0 Å². The van der Waals surface area contributed by atoms with Crippen molar-refractivity contribution in [3.63, 3.8) is 0 Å². The van der Waals surface area contributed by atoms with Gasteiger partial charge in [-0.05, 0) is 49.8 Å². The maximum Gasteiger partial charge on any atom is 0.0431 e. The fourth-order valence-electron chi connectivity index (χ4n) is 1.70. The lowest BCUT2D eigenvalue weighted by atomic mass is 10.1. The van der Waals surface area contributed by atoms with Crippen molar-refractivity contribution in [3.05, 3.63) is 29.8 Å². The average Bonchev–Trinajstić information content (AvgIpc) is 2.35. The van der Waals surface area contributed by atoms with Crippen LogP contribution in [-0.2, 0) is 0 Å². The number of thioether (sulfide) groups is 1. The minimum absolute atomic E-state index is 0.304. The molecule has 1 rings (SSSR count). The van der Waals surface area contributed by atoms with Crippen LogP contribution in [0.2, 0.25) is 0 Å². The van der Waals surface area contributed by atoms with Crippen LogP contribution in [0.4, 0.5) is 0 Å². The van der Waals surface area contributed by atoms with E-state index in [1.807, 2.05) is 11.8 Å². The number of hydrogen-bond donors (Lipinski definition) is 2. The lowest BCUT2D eigenvalue weighted by molar-refractivity contribution is 0.287. The van der Waals surface area contributed by atoms with Crippen LogP contribution in [0, 0.1) is 0 Å². The van der Waals surface area contributed by atoms with Crippen LogP contribution in [-0.4, -0.2) is 24.0 Å². The molecule has 1 unspecified atom stereocenters. The number of aliphatic hydroxyl groups excluding tert-OH is 1. The standard InChI is InChI=1S/C14H23NOS/c1-3-15-12(2)13-7-6-8-14(11-13)17-10-5-4-9-16/h6-8,11-12,15-16H,3-5,9-10H2,1-2H3. The summed E-state index contributed by atoms with van der Waals surface area (Å²) in [6.45, 7) is 5.62. The Hall–Kier alpha value is -0.510. The molecule has 0 radical (unpaired) electrons. The summed E-state index contributed by atoms with van der Waals surface area (Å²) in [5.74, 6) is 1.08. The van der Waals surface area contributed by atoms with Crippen molar-refractivity contribution >= 4 is 11.8 Å². The highest BCUT2D eigenvalue weighted by Gasteiger charge is 2.04. The molecule has 0 fully saturated rings. The number of benzene rings is 1. The topological polar surface area (TPSA) is 32.3 Å². The Kier molecular flexibility index (Phi) is 7.33. The molecule has 0 saturated heterocycles. The summed E-state index contributed by atoms with van der Waals surface area (Å²) in [6, 6.07) is 9.13. The average molecular weight is 253 g/mol. The van der Waals surface area contributed by atoms with E-state index < -0.39 is 0 Å². The highest BCUT2D eigenvalue weighted by molar-refractivity contribution is 7.99. The largest absolute Gasteiger partial charge is 0.396 e. The van der Waals surface area contributed by atoms with Crippen LogP contribution >= 0.6 is 11.8 Å². The van der Waals surface area contributed by atoms with Gasteiger partial charge in [0.2, 0.25) is 0 Å². The number of nitrogens with one attached hydrogen (secondary N) is 1. The maximum absolute atomic E-state index is 8.72. The van der Waals surface area contributed by atoms with Gasteiger partial charge in [0, 0.05) is 17.5 Å². The second kappa shape index (κ2) is 8.56. The molecular weight excluding hydrogens is 230 g/mol. The molecule has 0 aromatic heterocycles. The van der Waals surface area contributed by atoms with Crippen molar-refractivity contribution in [2.24, 2.45) is 0 Å². The first kappa shape index (κ1) is 14.6. The maximum atomic E-state index is 8.72. The lowest BCUT2D eigenvalue weighted by Gasteiger charge is -2.13. The highest BCUT2D eigenvalue weighted by Crippen LogP contribution is 2.23. The van der Waals surface area contributed by atoms with Crippen LogP contribution < -0.4 is 5.32 Å². The lowest BCUT2D eigenvalue weighted by Crippen LogP contribution is -2.17. The Morgan fingerprint density at radius 2 is 2.18 bits per heavy atom. The second-order valence-electron chi connectivity index (χ2n) is 4.13. The summed E-state index contributed by atoms with van der Waals surface area (Å²) in [5.41, 5.74) is 1.35. The molecule has 0 bridgehead atoms. The molecule has 1 aromatic rings. The fourth-order valence-corrected chi connectivity index (χ4v) is 2.68. The predicted molar refractivity (Wildman–Crippen MR) is 75.6 cm³/mol. The second-order valence-corrected chi connectivity index (χ2v) is 5.30. The molecule has 2 nitrogen and oxygen atoms in total. The van der Waals surface area contributed by atoms with E-state index in [1.54, 1.807) is 0 Å². The first-order valence-electron chi connectivity index (χ1n) is 6.35. The quantitative estimate of drug-likeness (QED) is 0.551. The third kappa shape index (κ3) is 5.57. The normalized spacial score (nSPS) is 12.6. The zero-order valence-corrected chi connectivity index (χ0v) is 11.6. The minimum Gasteiger partial charge on any atom is -0.396 e. The first-order valence-corrected chi connectivity index (χ1v) is 7.33. The number of hydrogen-bond acceptors (Lipinski definition) is 3. The molecular formula is C14H23NOS. The Balaban J connectivity index is 2.47. The summed E-state index contributed by atoms with van der Waals surface area (Å²) in [4.78, 5) is 1.32. The van der Waals surface area contributed by atoms with Crippen LogP contribution in [0.15, 0.2) is 29.2 Å². The van der Waals surface area contributed by atoms with Crippen LogP contribution in [0.3, 0.4) is 0 Å². The molecule has 17 heavy (non-hydrogen) atoms. The van der Waals surface area contributed by atoms with Gasteiger partial charge in [-0.2, -0.15) is 0 Å². The molecule has 1 aromatic carbocycles. The summed E-state index contributed by atoms with van der Waals surface area (Å²) in [6.07, 6.45) is 1.98. The fraction of sp³-hybridized carbons (Fsp3) is 0.571. The number of unbranched alkanes of at least 4 members (excludes halogenated alkanes) is 1. The van der Waals surface area contributed by atoms with E-state index >= 15 is 0 Å². The Bertz CT molecular complexity index is 317. The summed E-state index contributed by atoms with van der Waals surface area (Å²) < 4.78 is 0. The van der Waals surface area contributed by atoms with E-state index in [0.717, 1.165) is 25.1 Å². The molecule has 0 heterocycles. The van der Waals surface area contributed by atoms with Crippen molar-refractivity contribution in [2.45, 2.75) is 37.6 Å². The monoisotopic (exact) mass is 253 g/mol. The number of aliphatic hydroxyl groups is 1. The van der Waals surface area contributed by atoms with Gasteiger partial charge >= 0.3 is 0 Å². The Morgan fingerprint density at radius 3 is 2.88 bits per heavy atom. The van der Waals surface area contributed by atoms with Crippen molar-refractivity contribution in [1.82, 2.24) is 5.32 Å². The third-order valence-corrected chi connectivity index (χ3v) is 3.77. The van der Waals surface area contributed by atoms with Crippen molar-refractivity contribution in [2.75, 3.05) is 18.9 Å². The molecule has 3 heteroatoms. The van der Waals surface area contributed by atoms with Crippen LogP contribution in [0.5, 0.6) is 0 Å². The molecule has 2 N–H and O–H groups in total. The molecule has 0 spiro atoms. The van der Waals surface area contributed by atoms with E-state index in [2.05, 4.69) is 43.4 Å². The number of rotatable bonds is 8. The van der Waals surface area contributed by atoms with E-state index in [1.165, 1.54) is 10.5 Å². The predicted octanol–water partition coefficient (Wildman–Crippen LogP) is 3.22. The van der Waals surface area contributed by atoms with Gasteiger partial charge in [0.15, 0.2) is 0 Å². The van der Waals surface area contributed by atoms with Crippen molar-refractivity contribution in [1.29, 1.82) is 0 Å². The smallest absolute Gasteiger partial charge is 0.0431 e. The molecule has 1 atom stereocenters. The zero-order chi connectivity index (χ0) is 12.5. The van der Waals surface area contributed by atoms with E-state index in [4.69, 9.17) is 5.11 Å². The Morgan fingerprint density at radius 1 is 1.35 bits per heavy atom. The van der Waals surface area contributed by atoms with Gasteiger partial charge in [0.05, 0.1) is 0 Å². The molecule has 96 valence electrons. The van der Waals surface area contributed by atoms with E-state index in [-0.39, 0.29) is 0 Å². The van der Waals surface area contributed by atoms with Gasteiger partial charge in [-0.1, -0.05) is 19.1 Å². The van der Waals surface area contributed by atoms with E-state index in [0.29, 0.717) is 12.6 Å². The van der Waals surface area contributed by atoms with E-state index in [9.17, 15) is 0 Å². The summed E-state index contributed by atoms with van der Waals surface area (Å²) in [7, 11) is 0. The summed E-state index contributed by atoms with van der Waals surface area (Å²) in [5, 5.41) is 12.1.